The van der Waals surface area contributed by atoms with Crippen LogP contribution >= 0.6 is 48.0 Å². The minimum Gasteiger partial charge on any atom is -0.465 e. The minimum atomic E-state index is -0.616. The van der Waals surface area contributed by atoms with Gasteiger partial charge in [-0.05, 0) is 324 Å². The minimum absolute atomic E-state index is 0.00463. The highest BCUT2D eigenvalue weighted by molar-refractivity contribution is 8.23. The van der Waals surface area contributed by atoms with E-state index in [0.29, 0.717) is 5.17 Å². The Kier molecular flexibility index (Phi) is 52.2. The number of carbonyl (C=O) groups is 7. The number of thiocarbonyl (C=S) groups is 2. The van der Waals surface area contributed by atoms with Crippen molar-refractivity contribution in [3.63, 3.8) is 0 Å². The van der Waals surface area contributed by atoms with Crippen LogP contribution in [0.5, 0.6) is 0 Å². The van der Waals surface area contributed by atoms with Gasteiger partial charge in [-0.1, -0.05) is 98.1 Å². The number of hydrogen-bond acceptors (Lipinski definition) is 18. The number of thioether (sulfide) groups is 2. The monoisotopic (exact) mass is 1580 g/mol. The van der Waals surface area contributed by atoms with Gasteiger partial charge < -0.3 is 65.1 Å². The highest BCUT2D eigenvalue weighted by Gasteiger charge is 2.31. The molecule has 0 spiro atoms. The second-order valence-electron chi connectivity index (χ2n) is 43.5. The Morgan fingerprint density at radius 1 is 0.238 bits per heavy atom. The fourth-order valence-electron chi connectivity index (χ4n) is 4.96. The summed E-state index contributed by atoms with van der Waals surface area (Å²) in [4.78, 5) is 78.5. The second-order valence-corrected chi connectivity index (χ2v) is 48.2. The highest BCUT2D eigenvalue weighted by Crippen LogP contribution is 2.27. The summed E-state index contributed by atoms with van der Waals surface area (Å²) in [5, 5.41) is 18.1. The van der Waals surface area contributed by atoms with Crippen molar-refractivity contribution in [3.05, 3.63) is 0 Å². The third-order valence-electron chi connectivity index (χ3n) is 8.35. The van der Waals surface area contributed by atoms with E-state index in [0.717, 1.165) is 4.32 Å². The van der Waals surface area contributed by atoms with Crippen molar-refractivity contribution in [1.29, 1.82) is 0 Å². The van der Waals surface area contributed by atoms with E-state index >= 15 is 0 Å². The molecule has 0 aromatic rings. The SMILES string of the molecule is CC(C)(C)NC(=O)C(C)(C)C.CC(C)(C)NC(=O)OC(C)(C)C.CC(C)(C)NC(=O)OC(C)(C)C.CC(C)(C)NC(=O)SC(C)(C)C.CC(C)(C)NC(=S)OC(C)(C)C.CC(C)(C)NC(=S)SC(C)(C)C.CC(C)(C)OC(=O)C(C)(C)C.CC(C)(C)OC(=O)C(C)(C)C.CC(C)(C)OC(=O)OC(C)(C)C. The first-order valence-corrected chi connectivity index (χ1v) is 38.7. The topological polar surface area (TPSA) is 256 Å². The maximum atomic E-state index is 11.4. The zero-order valence-corrected chi connectivity index (χ0v) is 81.1. The Morgan fingerprint density at radius 2 is 0.457 bits per heavy atom. The fraction of sp³-hybridized carbons (Fsp3) is 0.889. The fourth-order valence-corrected chi connectivity index (χ4v) is 8.40. The van der Waals surface area contributed by atoms with E-state index in [2.05, 4.69) is 73.4 Å². The molecule has 0 fully saturated rings. The average molecular weight is 1580 g/mol. The van der Waals surface area contributed by atoms with Crippen LogP contribution < -0.4 is 31.9 Å². The van der Waals surface area contributed by atoms with Gasteiger partial charge in [0.15, 0.2) is 0 Å². The molecule has 0 aliphatic rings. The predicted octanol–water partition coefficient (Wildman–Crippen LogP) is 22.7. The van der Waals surface area contributed by atoms with Crippen LogP contribution in [0.3, 0.4) is 0 Å². The van der Waals surface area contributed by atoms with Crippen molar-refractivity contribution in [1.82, 2.24) is 31.9 Å². The summed E-state index contributed by atoms with van der Waals surface area (Å²) < 4.78 is 36.9. The van der Waals surface area contributed by atoms with Gasteiger partial charge in [0, 0.05) is 48.1 Å². The van der Waals surface area contributed by atoms with E-state index in [1.54, 1.807) is 53.3 Å². The van der Waals surface area contributed by atoms with Crippen LogP contribution in [0.15, 0.2) is 0 Å². The largest absolute Gasteiger partial charge is 0.509 e. The van der Waals surface area contributed by atoms with Crippen molar-refractivity contribution in [2.24, 2.45) is 16.2 Å². The van der Waals surface area contributed by atoms with Crippen molar-refractivity contribution >= 4 is 98.9 Å². The van der Waals surface area contributed by atoms with Gasteiger partial charge in [-0.3, -0.25) is 19.2 Å². The number of nitrogens with one attached hydrogen (secondary N) is 6. The second kappa shape index (κ2) is 46.0. The van der Waals surface area contributed by atoms with Gasteiger partial charge in [0.05, 0.1) is 10.8 Å². The molecule has 20 nitrogen and oxygen atoms in total. The number of ether oxygens (including phenoxy) is 7. The van der Waals surface area contributed by atoms with Gasteiger partial charge in [-0.15, -0.1) is 0 Å². The third kappa shape index (κ3) is 121. The molecule has 0 radical (unpaired) electrons. The number of rotatable bonds is 0. The van der Waals surface area contributed by atoms with Crippen LogP contribution in [0.2, 0.25) is 0 Å². The van der Waals surface area contributed by atoms with Crippen LogP contribution in [0.1, 0.15) is 374 Å². The van der Waals surface area contributed by atoms with Crippen molar-refractivity contribution in [2.45, 2.75) is 456 Å². The molecule has 0 aliphatic carbocycles. The van der Waals surface area contributed by atoms with Gasteiger partial charge >= 0.3 is 30.3 Å². The lowest BCUT2D eigenvalue weighted by Crippen LogP contribution is -2.46. The van der Waals surface area contributed by atoms with Crippen molar-refractivity contribution in [3.8, 4) is 0 Å². The Bertz CT molecular complexity index is 2040. The van der Waals surface area contributed by atoms with Gasteiger partial charge in [-0.2, -0.15) is 0 Å². The lowest BCUT2D eigenvalue weighted by atomic mass is 9.94. The zero-order chi connectivity index (χ0) is 87.8. The number of hydrogen-bond donors (Lipinski definition) is 6. The molecule has 24 heteroatoms. The maximum Gasteiger partial charge on any atom is 0.509 e. The van der Waals surface area contributed by atoms with Crippen LogP contribution in [0.25, 0.3) is 0 Å². The molecule has 0 bridgehead atoms. The van der Waals surface area contributed by atoms with Crippen LogP contribution in [-0.2, 0) is 47.5 Å². The summed E-state index contributed by atoms with van der Waals surface area (Å²) >= 11 is 13.3. The van der Waals surface area contributed by atoms with E-state index in [9.17, 15) is 33.6 Å². The number of esters is 2. The normalized spacial score (nSPS) is 12.7. The molecule has 105 heavy (non-hydrogen) atoms. The molecule has 6 N–H and O–H groups in total. The lowest BCUT2D eigenvalue weighted by molar-refractivity contribution is -0.165. The lowest BCUT2D eigenvalue weighted by Gasteiger charge is -2.27. The summed E-state index contributed by atoms with van der Waals surface area (Å²) in [5.74, 6) is -0.194. The summed E-state index contributed by atoms with van der Waals surface area (Å²) in [5.41, 5.74) is -4.50. The Morgan fingerprint density at radius 3 is 0.610 bits per heavy atom. The first-order chi connectivity index (χ1) is 44.5. The van der Waals surface area contributed by atoms with Gasteiger partial charge in [0.2, 0.25) is 5.91 Å². The van der Waals surface area contributed by atoms with Gasteiger partial charge in [-0.25, -0.2) is 14.4 Å². The number of carbonyl (C=O) groups excluding carboxylic acids is 7. The van der Waals surface area contributed by atoms with E-state index in [1.165, 1.54) is 11.8 Å². The van der Waals surface area contributed by atoms with Crippen LogP contribution in [-0.4, -0.2) is 133 Å². The van der Waals surface area contributed by atoms with E-state index < -0.39 is 39.4 Å². The average Bonchev–Trinajstić information content (AvgIpc) is 0.895. The zero-order valence-electron chi connectivity index (χ0n) is 77.8. The van der Waals surface area contributed by atoms with Gasteiger partial charge in [0.1, 0.15) is 43.5 Å². The van der Waals surface area contributed by atoms with Crippen LogP contribution in [0, 0.1) is 16.2 Å². The van der Waals surface area contributed by atoms with Crippen molar-refractivity contribution < 1.29 is 66.7 Å². The summed E-state index contributed by atoms with van der Waals surface area (Å²) in [6.45, 7) is 104. The van der Waals surface area contributed by atoms with E-state index in [4.69, 9.17) is 57.6 Å². The molecule has 0 heterocycles. The number of amides is 4. The summed E-state index contributed by atoms with van der Waals surface area (Å²) in [6.07, 6.45) is -1.35. The molecule has 0 atom stereocenters. The molecule has 0 aromatic heterocycles. The van der Waals surface area contributed by atoms with E-state index in [-0.39, 0.29) is 100 Å². The Hall–Kier alpha value is -4.03. The smallest absolute Gasteiger partial charge is 0.465 e. The molecular weight excluding hydrogens is 1410 g/mol. The van der Waals surface area contributed by atoms with E-state index in [1.807, 2.05) is 291 Å². The maximum absolute atomic E-state index is 11.4. The first-order valence-electron chi connectivity index (χ1n) is 36.3. The summed E-state index contributed by atoms with van der Waals surface area (Å²) in [6, 6.07) is 0. The molecule has 0 aliphatic heterocycles. The Balaban J connectivity index is -0.000000141. The molecule has 0 saturated carbocycles. The molecule has 4 amide bonds. The molecule has 630 valence electrons. The molecule has 0 aromatic carbocycles. The number of alkyl carbamates (subject to hydrolysis) is 2. The molecule has 0 unspecified atom stereocenters. The first kappa shape index (κ1) is 119. The van der Waals surface area contributed by atoms with Crippen LogP contribution in [0.4, 0.5) is 19.2 Å². The predicted molar refractivity (Wildman–Crippen MR) is 458 cm³/mol. The molecule has 0 saturated heterocycles. The quantitative estimate of drug-likeness (QED) is 0.0748. The summed E-state index contributed by atoms with van der Waals surface area (Å²) in [7, 11) is 0. The highest BCUT2D eigenvalue weighted by atomic mass is 32.2. The van der Waals surface area contributed by atoms with Gasteiger partial charge in [0.25, 0.3) is 10.4 Å². The van der Waals surface area contributed by atoms with Crippen molar-refractivity contribution in [2.75, 3.05) is 0 Å². The molecular formula is C81H168N6O14S4. The Labute approximate surface area is 665 Å². The molecule has 0 rings (SSSR count). The third-order valence-corrected chi connectivity index (χ3v) is 10.7. The standard InChI is InChI=1S/2C9H19NO2.2C9H19NOS.C9H19NO.C9H19NS2.C9H18O3.2C9H18O2/c3*1-8(2,3)10-7(11)12-9(4,5)6;1-8(2,3)10-7(12)11-9(4,5)6;1-8(2,3)7(11)10-9(4,5)6;1-8(2,3)10-7(11)12-9(4,5)6;1-8(2,3)11-7(10)12-9(4,5)6;2*1-8(2,3)7(10)11-9(4,5)6/h3*1-6H3,(H,10,11);1-6H3,(H,10,12);1-6H3,(H,10,11);1-6H3,(H,10,11);1-6H3;2*1-6H3.